The summed E-state index contributed by atoms with van der Waals surface area (Å²) in [5.41, 5.74) is 3.57. The van der Waals surface area contributed by atoms with Crippen LogP contribution in [-0.2, 0) is 6.42 Å². The lowest BCUT2D eigenvalue weighted by molar-refractivity contribution is 0.385. The van der Waals surface area contributed by atoms with E-state index in [1.54, 1.807) is 12.1 Å². The molecule has 2 rings (SSSR count). The van der Waals surface area contributed by atoms with E-state index in [0.29, 0.717) is 0 Å². The summed E-state index contributed by atoms with van der Waals surface area (Å²) in [7, 11) is 3.40. The number of hydrogen-bond acceptors (Lipinski definition) is 2. The Morgan fingerprint density at radius 1 is 1.20 bits per heavy atom. The smallest absolute Gasteiger partial charge is 0.165 e. The molecule has 1 unspecified atom stereocenters. The highest BCUT2D eigenvalue weighted by molar-refractivity contribution is 5.34. The highest BCUT2D eigenvalue weighted by atomic mass is 19.1. The maximum absolute atomic E-state index is 13.5. The Labute approximate surface area is 119 Å². The van der Waals surface area contributed by atoms with Crippen molar-refractivity contribution in [2.45, 2.75) is 19.4 Å². The van der Waals surface area contributed by atoms with E-state index in [2.05, 4.69) is 24.4 Å². The number of ether oxygens (including phenoxy) is 1. The molecule has 0 aromatic heterocycles. The molecule has 0 amide bonds. The van der Waals surface area contributed by atoms with E-state index in [1.807, 2.05) is 19.2 Å². The summed E-state index contributed by atoms with van der Waals surface area (Å²) in [6.07, 6.45) is 0.859. The number of methoxy groups -OCH3 is 1. The van der Waals surface area contributed by atoms with Crippen LogP contribution in [0, 0.1) is 12.7 Å². The summed E-state index contributed by atoms with van der Waals surface area (Å²) in [5, 5.41) is 3.29. The van der Waals surface area contributed by atoms with Gasteiger partial charge in [-0.2, -0.15) is 0 Å². The van der Waals surface area contributed by atoms with Crippen molar-refractivity contribution in [1.82, 2.24) is 5.32 Å². The number of aryl methyl sites for hydroxylation is 1. The minimum Gasteiger partial charge on any atom is -0.494 e. The second-order valence-electron chi connectivity index (χ2n) is 4.87. The number of benzene rings is 2. The summed E-state index contributed by atoms with van der Waals surface area (Å²) in [6.45, 7) is 2.10. The second-order valence-corrected chi connectivity index (χ2v) is 4.87. The predicted octanol–water partition coefficient (Wildman–Crippen LogP) is 3.65. The molecule has 0 heterocycles. The van der Waals surface area contributed by atoms with Gasteiger partial charge in [0.1, 0.15) is 0 Å². The van der Waals surface area contributed by atoms with Crippen molar-refractivity contribution in [3.05, 3.63) is 65.0 Å². The minimum atomic E-state index is -0.331. The van der Waals surface area contributed by atoms with Crippen LogP contribution in [0.3, 0.4) is 0 Å². The molecule has 106 valence electrons. The monoisotopic (exact) mass is 273 g/mol. The van der Waals surface area contributed by atoms with Crippen LogP contribution in [0.2, 0.25) is 0 Å². The third-order valence-electron chi connectivity index (χ3n) is 3.61. The highest BCUT2D eigenvalue weighted by Gasteiger charge is 2.14. The zero-order chi connectivity index (χ0) is 14.5. The minimum absolute atomic E-state index is 0.130. The van der Waals surface area contributed by atoms with Crippen LogP contribution in [0.4, 0.5) is 4.39 Å². The van der Waals surface area contributed by atoms with Crippen molar-refractivity contribution in [1.29, 1.82) is 0 Å². The number of nitrogens with one attached hydrogen (secondary N) is 1. The third kappa shape index (κ3) is 3.17. The lowest BCUT2D eigenvalue weighted by atomic mass is 9.96. The molecular formula is C17H20FNO. The number of hydrogen-bond donors (Lipinski definition) is 1. The molecule has 0 saturated carbocycles. The zero-order valence-electron chi connectivity index (χ0n) is 12.1. The largest absolute Gasteiger partial charge is 0.494 e. The van der Waals surface area contributed by atoms with Gasteiger partial charge in [0.05, 0.1) is 7.11 Å². The first kappa shape index (κ1) is 14.5. The second kappa shape index (κ2) is 6.53. The molecule has 0 spiro atoms. The van der Waals surface area contributed by atoms with Crippen molar-refractivity contribution in [3.8, 4) is 5.75 Å². The first-order valence-corrected chi connectivity index (χ1v) is 6.71. The molecule has 0 fully saturated rings. The molecule has 2 nitrogen and oxygen atoms in total. The molecule has 0 saturated heterocycles. The van der Waals surface area contributed by atoms with Gasteiger partial charge in [-0.3, -0.25) is 0 Å². The van der Waals surface area contributed by atoms with Crippen LogP contribution < -0.4 is 10.1 Å². The Morgan fingerprint density at radius 3 is 2.60 bits per heavy atom. The van der Waals surface area contributed by atoms with Crippen LogP contribution in [0.15, 0.2) is 42.5 Å². The van der Waals surface area contributed by atoms with E-state index in [1.165, 1.54) is 24.3 Å². The van der Waals surface area contributed by atoms with Crippen LogP contribution in [-0.4, -0.2) is 14.2 Å². The van der Waals surface area contributed by atoms with Gasteiger partial charge in [0.2, 0.25) is 0 Å². The van der Waals surface area contributed by atoms with E-state index in [-0.39, 0.29) is 17.6 Å². The Bertz CT molecular complexity index is 583. The van der Waals surface area contributed by atoms with Gasteiger partial charge < -0.3 is 10.1 Å². The van der Waals surface area contributed by atoms with E-state index in [4.69, 9.17) is 4.74 Å². The fourth-order valence-corrected chi connectivity index (χ4v) is 2.34. The quantitative estimate of drug-likeness (QED) is 0.898. The number of likely N-dealkylation sites (N-methyl/N-ethyl adjacent to an activating group) is 1. The fraction of sp³-hybridized carbons (Fsp3) is 0.294. The Hall–Kier alpha value is -1.87. The normalized spacial score (nSPS) is 12.2. The van der Waals surface area contributed by atoms with Crippen molar-refractivity contribution in [3.63, 3.8) is 0 Å². The van der Waals surface area contributed by atoms with Gasteiger partial charge >= 0.3 is 0 Å². The lowest BCUT2D eigenvalue weighted by Crippen LogP contribution is -2.19. The van der Waals surface area contributed by atoms with E-state index >= 15 is 0 Å². The van der Waals surface area contributed by atoms with Gasteiger partial charge in [-0.25, -0.2) is 4.39 Å². The number of rotatable bonds is 5. The lowest BCUT2D eigenvalue weighted by Gasteiger charge is -2.19. The van der Waals surface area contributed by atoms with Gasteiger partial charge in [-0.15, -0.1) is 0 Å². The van der Waals surface area contributed by atoms with Crippen molar-refractivity contribution in [2.75, 3.05) is 14.2 Å². The molecule has 20 heavy (non-hydrogen) atoms. The van der Waals surface area contributed by atoms with Crippen molar-refractivity contribution < 1.29 is 9.13 Å². The van der Waals surface area contributed by atoms with E-state index < -0.39 is 0 Å². The van der Waals surface area contributed by atoms with Gasteiger partial charge in [-0.05, 0) is 49.2 Å². The van der Waals surface area contributed by atoms with Crippen LogP contribution >= 0.6 is 0 Å². The molecule has 0 aliphatic heterocycles. The summed E-state index contributed by atoms with van der Waals surface area (Å²) < 4.78 is 18.5. The Balaban J connectivity index is 2.26. The van der Waals surface area contributed by atoms with Gasteiger partial charge in [-0.1, -0.05) is 30.3 Å². The molecule has 3 heteroatoms. The maximum atomic E-state index is 13.5. The van der Waals surface area contributed by atoms with Gasteiger partial charge in [0.25, 0.3) is 0 Å². The van der Waals surface area contributed by atoms with Gasteiger partial charge in [0.15, 0.2) is 11.6 Å². The molecule has 2 aromatic rings. The molecule has 0 radical (unpaired) electrons. The molecule has 1 N–H and O–H groups in total. The SMILES string of the molecule is CNC(Cc1ccccc1C)c1ccc(F)c(OC)c1. The fourth-order valence-electron chi connectivity index (χ4n) is 2.34. The average molecular weight is 273 g/mol. The maximum Gasteiger partial charge on any atom is 0.165 e. The summed E-state index contributed by atoms with van der Waals surface area (Å²) >= 11 is 0. The topological polar surface area (TPSA) is 21.3 Å². The molecule has 2 aromatic carbocycles. The standard InChI is InChI=1S/C17H20FNO/c1-12-6-4-5-7-13(12)10-16(19-2)14-8-9-15(18)17(11-14)20-3/h4-9,11,16,19H,10H2,1-3H3. The predicted molar refractivity (Wildman–Crippen MR) is 79.6 cm³/mol. The van der Waals surface area contributed by atoms with Crippen molar-refractivity contribution >= 4 is 0 Å². The number of halogens is 1. The molecule has 0 bridgehead atoms. The van der Waals surface area contributed by atoms with Crippen LogP contribution in [0.25, 0.3) is 0 Å². The molecule has 0 aliphatic carbocycles. The van der Waals surface area contributed by atoms with E-state index in [0.717, 1.165) is 12.0 Å². The van der Waals surface area contributed by atoms with Crippen LogP contribution in [0.1, 0.15) is 22.7 Å². The first-order valence-electron chi connectivity index (χ1n) is 6.71. The first-order chi connectivity index (χ1) is 9.65. The summed E-state index contributed by atoms with van der Waals surface area (Å²) in [5.74, 6) is -0.0467. The summed E-state index contributed by atoms with van der Waals surface area (Å²) in [4.78, 5) is 0. The molecule has 0 aliphatic rings. The highest BCUT2D eigenvalue weighted by Crippen LogP contribution is 2.25. The molecule has 1 atom stereocenters. The zero-order valence-corrected chi connectivity index (χ0v) is 12.1. The van der Waals surface area contributed by atoms with Crippen LogP contribution in [0.5, 0.6) is 5.75 Å². The average Bonchev–Trinajstić information content (AvgIpc) is 2.47. The Kier molecular flexibility index (Phi) is 4.74. The van der Waals surface area contributed by atoms with Gasteiger partial charge in [0, 0.05) is 6.04 Å². The summed E-state index contributed by atoms with van der Waals surface area (Å²) in [6, 6.07) is 13.5. The Morgan fingerprint density at radius 2 is 1.95 bits per heavy atom. The third-order valence-corrected chi connectivity index (χ3v) is 3.61. The van der Waals surface area contributed by atoms with Crippen molar-refractivity contribution in [2.24, 2.45) is 0 Å². The molecular weight excluding hydrogens is 253 g/mol. The van der Waals surface area contributed by atoms with E-state index in [9.17, 15) is 4.39 Å².